The van der Waals surface area contributed by atoms with E-state index in [-0.39, 0.29) is 6.54 Å². The SMILES string of the molecule is CCCC(CNC(=O)Nc1cccc(Cl)c1)C(=O)O. The zero-order valence-electron chi connectivity index (χ0n) is 10.6. The lowest BCUT2D eigenvalue weighted by Crippen LogP contribution is -2.35. The smallest absolute Gasteiger partial charge is 0.319 e. The second-order valence-corrected chi connectivity index (χ2v) is 4.61. The van der Waals surface area contributed by atoms with E-state index < -0.39 is 17.9 Å². The third kappa shape index (κ3) is 5.61. The van der Waals surface area contributed by atoms with E-state index in [0.29, 0.717) is 17.1 Å². The predicted molar refractivity (Wildman–Crippen MR) is 74.5 cm³/mol. The van der Waals surface area contributed by atoms with Crippen LogP contribution in [0.1, 0.15) is 19.8 Å². The number of urea groups is 1. The molecular weight excluding hydrogens is 268 g/mol. The molecule has 3 N–H and O–H groups in total. The van der Waals surface area contributed by atoms with Gasteiger partial charge in [0.15, 0.2) is 0 Å². The van der Waals surface area contributed by atoms with Crippen molar-refractivity contribution in [2.24, 2.45) is 5.92 Å². The summed E-state index contributed by atoms with van der Waals surface area (Å²) >= 11 is 5.79. The summed E-state index contributed by atoms with van der Waals surface area (Å²) in [6.07, 6.45) is 1.29. The number of carbonyl (C=O) groups is 2. The van der Waals surface area contributed by atoms with Crippen LogP contribution in [0.15, 0.2) is 24.3 Å². The molecule has 0 heterocycles. The summed E-state index contributed by atoms with van der Waals surface area (Å²) < 4.78 is 0. The zero-order valence-corrected chi connectivity index (χ0v) is 11.4. The van der Waals surface area contributed by atoms with Crippen molar-refractivity contribution in [3.05, 3.63) is 29.3 Å². The zero-order chi connectivity index (χ0) is 14.3. The van der Waals surface area contributed by atoms with Gasteiger partial charge in [-0.3, -0.25) is 4.79 Å². The second-order valence-electron chi connectivity index (χ2n) is 4.17. The van der Waals surface area contributed by atoms with Crippen LogP contribution in [0.25, 0.3) is 0 Å². The summed E-state index contributed by atoms with van der Waals surface area (Å²) in [7, 11) is 0. The van der Waals surface area contributed by atoms with E-state index >= 15 is 0 Å². The van der Waals surface area contributed by atoms with Gasteiger partial charge in [-0.15, -0.1) is 0 Å². The third-order valence-electron chi connectivity index (χ3n) is 2.58. The van der Waals surface area contributed by atoms with Crippen LogP contribution in [0, 0.1) is 5.92 Å². The highest BCUT2D eigenvalue weighted by Gasteiger charge is 2.17. The number of rotatable bonds is 6. The lowest BCUT2D eigenvalue weighted by atomic mass is 10.0. The van der Waals surface area contributed by atoms with Crippen molar-refractivity contribution in [2.45, 2.75) is 19.8 Å². The van der Waals surface area contributed by atoms with Crippen molar-refractivity contribution in [1.82, 2.24) is 5.32 Å². The average Bonchev–Trinajstić information content (AvgIpc) is 2.34. The molecule has 0 fully saturated rings. The summed E-state index contributed by atoms with van der Waals surface area (Å²) in [6, 6.07) is 6.29. The maximum atomic E-state index is 11.6. The number of carboxylic acids is 1. The lowest BCUT2D eigenvalue weighted by molar-refractivity contribution is -0.141. The topological polar surface area (TPSA) is 78.4 Å². The van der Waals surface area contributed by atoms with E-state index in [1.165, 1.54) is 0 Å². The van der Waals surface area contributed by atoms with E-state index in [9.17, 15) is 9.59 Å². The first kappa shape index (κ1) is 15.3. The van der Waals surface area contributed by atoms with Crippen molar-refractivity contribution in [3.63, 3.8) is 0 Å². The minimum absolute atomic E-state index is 0.107. The quantitative estimate of drug-likeness (QED) is 0.751. The fourth-order valence-corrected chi connectivity index (χ4v) is 1.81. The van der Waals surface area contributed by atoms with Crippen LogP contribution < -0.4 is 10.6 Å². The van der Waals surface area contributed by atoms with Gasteiger partial charge in [0.05, 0.1) is 5.92 Å². The largest absolute Gasteiger partial charge is 0.481 e. The summed E-state index contributed by atoms with van der Waals surface area (Å²) in [5.74, 6) is -1.46. The average molecular weight is 285 g/mol. The van der Waals surface area contributed by atoms with E-state index in [4.69, 9.17) is 16.7 Å². The van der Waals surface area contributed by atoms with Gasteiger partial charge in [-0.05, 0) is 24.6 Å². The molecule has 0 bridgehead atoms. The molecule has 0 aromatic heterocycles. The standard InChI is InChI=1S/C13H17ClN2O3/c1-2-4-9(12(17)18)8-15-13(19)16-11-6-3-5-10(14)7-11/h3,5-7,9H,2,4,8H2,1H3,(H,17,18)(H2,15,16,19). The molecule has 6 heteroatoms. The molecular formula is C13H17ClN2O3. The van der Waals surface area contributed by atoms with Crippen molar-refractivity contribution >= 4 is 29.3 Å². The Hall–Kier alpha value is -1.75. The molecule has 1 aromatic rings. The number of halogens is 1. The molecule has 1 unspecified atom stereocenters. The first-order chi connectivity index (χ1) is 9.02. The van der Waals surface area contributed by atoms with Gasteiger partial charge >= 0.3 is 12.0 Å². The molecule has 0 saturated heterocycles. The number of carboxylic acid groups (broad SMARTS) is 1. The number of nitrogens with one attached hydrogen (secondary N) is 2. The third-order valence-corrected chi connectivity index (χ3v) is 2.81. The number of carbonyl (C=O) groups excluding carboxylic acids is 1. The van der Waals surface area contributed by atoms with Gasteiger partial charge in [-0.25, -0.2) is 4.79 Å². The summed E-state index contributed by atoms with van der Waals surface area (Å²) in [5.41, 5.74) is 0.562. The molecule has 0 saturated carbocycles. The Balaban J connectivity index is 2.45. The van der Waals surface area contributed by atoms with E-state index in [0.717, 1.165) is 6.42 Å². The molecule has 0 aliphatic rings. The van der Waals surface area contributed by atoms with E-state index in [2.05, 4.69) is 10.6 Å². The molecule has 0 spiro atoms. The first-order valence-electron chi connectivity index (χ1n) is 6.06. The number of hydrogen-bond acceptors (Lipinski definition) is 2. The van der Waals surface area contributed by atoms with E-state index in [1.807, 2.05) is 6.92 Å². The van der Waals surface area contributed by atoms with Crippen molar-refractivity contribution in [1.29, 1.82) is 0 Å². The van der Waals surface area contributed by atoms with Crippen LogP contribution >= 0.6 is 11.6 Å². The summed E-state index contributed by atoms with van der Waals surface area (Å²) in [4.78, 5) is 22.5. The summed E-state index contributed by atoms with van der Waals surface area (Å²) in [6.45, 7) is 2.01. The lowest BCUT2D eigenvalue weighted by Gasteiger charge is -2.13. The Labute approximate surface area is 117 Å². The maximum Gasteiger partial charge on any atom is 0.319 e. The Morgan fingerprint density at radius 2 is 2.16 bits per heavy atom. The van der Waals surface area contributed by atoms with Gasteiger partial charge < -0.3 is 15.7 Å². The molecule has 1 rings (SSSR count). The fraction of sp³-hybridized carbons (Fsp3) is 0.385. The Kier molecular flexibility index (Phi) is 6.15. The fourth-order valence-electron chi connectivity index (χ4n) is 1.62. The van der Waals surface area contributed by atoms with Gasteiger partial charge in [0.1, 0.15) is 0 Å². The maximum absolute atomic E-state index is 11.6. The van der Waals surface area contributed by atoms with Crippen LogP contribution in [0.2, 0.25) is 5.02 Å². The highest BCUT2D eigenvalue weighted by Crippen LogP contribution is 2.14. The number of aliphatic carboxylic acids is 1. The highest BCUT2D eigenvalue weighted by atomic mass is 35.5. The second kappa shape index (κ2) is 7.63. The van der Waals surface area contributed by atoms with Crippen molar-refractivity contribution in [2.75, 3.05) is 11.9 Å². The Morgan fingerprint density at radius 1 is 1.42 bits per heavy atom. The molecule has 1 aromatic carbocycles. The van der Waals surface area contributed by atoms with Crippen LogP contribution in [0.3, 0.4) is 0 Å². The normalized spacial score (nSPS) is 11.7. The number of benzene rings is 1. The van der Waals surface area contributed by atoms with Gasteiger partial charge in [-0.2, -0.15) is 0 Å². The molecule has 1 atom stereocenters. The van der Waals surface area contributed by atoms with Gasteiger partial charge in [-0.1, -0.05) is 31.0 Å². The predicted octanol–water partition coefficient (Wildman–Crippen LogP) is 2.96. The monoisotopic (exact) mass is 284 g/mol. The molecule has 2 amide bonds. The van der Waals surface area contributed by atoms with E-state index in [1.54, 1.807) is 24.3 Å². The highest BCUT2D eigenvalue weighted by molar-refractivity contribution is 6.30. The Bertz CT molecular complexity index is 451. The molecule has 104 valence electrons. The Morgan fingerprint density at radius 3 is 2.74 bits per heavy atom. The van der Waals surface area contributed by atoms with Crippen LogP contribution in [0.4, 0.5) is 10.5 Å². The number of amides is 2. The van der Waals surface area contributed by atoms with Crippen LogP contribution in [-0.2, 0) is 4.79 Å². The molecule has 5 nitrogen and oxygen atoms in total. The first-order valence-corrected chi connectivity index (χ1v) is 6.44. The minimum atomic E-state index is -0.898. The number of hydrogen-bond donors (Lipinski definition) is 3. The molecule has 0 radical (unpaired) electrons. The van der Waals surface area contributed by atoms with Gasteiger partial charge in [0.2, 0.25) is 0 Å². The molecule has 0 aliphatic heterocycles. The van der Waals surface area contributed by atoms with Gasteiger partial charge in [0, 0.05) is 17.3 Å². The molecule has 0 aliphatic carbocycles. The van der Waals surface area contributed by atoms with Gasteiger partial charge in [0.25, 0.3) is 0 Å². The number of anilines is 1. The van der Waals surface area contributed by atoms with Crippen LogP contribution in [0.5, 0.6) is 0 Å². The summed E-state index contributed by atoms with van der Waals surface area (Å²) in [5, 5.41) is 14.6. The minimum Gasteiger partial charge on any atom is -0.481 e. The van der Waals surface area contributed by atoms with Crippen molar-refractivity contribution in [3.8, 4) is 0 Å². The molecule has 19 heavy (non-hydrogen) atoms. The van der Waals surface area contributed by atoms with Crippen LogP contribution in [-0.4, -0.2) is 23.7 Å². The van der Waals surface area contributed by atoms with Crippen molar-refractivity contribution < 1.29 is 14.7 Å².